The zero-order valence-corrected chi connectivity index (χ0v) is 26.1. The van der Waals surface area contributed by atoms with Crippen LogP contribution in [0.2, 0.25) is 5.02 Å². The topological polar surface area (TPSA) is 93.1 Å². The van der Waals surface area contributed by atoms with Crippen molar-refractivity contribution in [2.24, 2.45) is 11.8 Å². The number of aliphatic hydroxyl groups excluding tert-OH is 2. The molecule has 0 saturated heterocycles. The van der Waals surface area contributed by atoms with Gasteiger partial charge in [-0.1, -0.05) is 95.7 Å². The normalized spacial score (nSPS) is 20.4. The SMILES string of the molecule is CCCCCCCCCCOC(=O)C(C)CCCCCC1C(=O)CC(O)C1SCC(O)COc1cccc(Cl)c1. The van der Waals surface area contributed by atoms with Crippen LogP contribution >= 0.6 is 23.4 Å². The molecule has 0 amide bonds. The molecule has 0 spiro atoms. The van der Waals surface area contributed by atoms with Crippen LogP contribution in [0, 0.1) is 11.8 Å². The highest BCUT2D eigenvalue weighted by Gasteiger charge is 2.41. The summed E-state index contributed by atoms with van der Waals surface area (Å²) in [6.45, 7) is 4.80. The van der Waals surface area contributed by atoms with Gasteiger partial charge in [0.2, 0.25) is 0 Å². The van der Waals surface area contributed by atoms with Crippen molar-refractivity contribution in [2.75, 3.05) is 19.0 Å². The van der Waals surface area contributed by atoms with E-state index in [0.717, 1.165) is 44.9 Å². The Morgan fingerprint density at radius 2 is 1.77 bits per heavy atom. The van der Waals surface area contributed by atoms with Crippen molar-refractivity contribution in [1.82, 2.24) is 0 Å². The molecule has 8 heteroatoms. The van der Waals surface area contributed by atoms with Crippen LogP contribution in [-0.2, 0) is 14.3 Å². The van der Waals surface area contributed by atoms with E-state index in [4.69, 9.17) is 21.1 Å². The highest BCUT2D eigenvalue weighted by Crippen LogP contribution is 2.36. The lowest BCUT2D eigenvalue weighted by molar-refractivity contribution is -0.148. The second-order valence-electron chi connectivity index (χ2n) is 11.2. The van der Waals surface area contributed by atoms with E-state index in [1.54, 1.807) is 24.3 Å². The first kappa shape index (κ1) is 34.9. The Morgan fingerprint density at radius 3 is 2.50 bits per heavy atom. The minimum Gasteiger partial charge on any atom is -0.491 e. The summed E-state index contributed by atoms with van der Waals surface area (Å²) in [6, 6.07) is 7.02. The molecule has 0 bridgehead atoms. The minimum absolute atomic E-state index is 0.104. The molecule has 1 aromatic rings. The second kappa shape index (κ2) is 20.6. The van der Waals surface area contributed by atoms with Crippen molar-refractivity contribution in [3.05, 3.63) is 29.3 Å². The maximum absolute atomic E-state index is 12.5. The van der Waals surface area contributed by atoms with Crippen LogP contribution in [0.4, 0.5) is 0 Å². The van der Waals surface area contributed by atoms with Crippen LogP contribution in [0.25, 0.3) is 0 Å². The van der Waals surface area contributed by atoms with Gasteiger partial charge in [0, 0.05) is 28.4 Å². The standard InChI is InChI=1S/C32H51ClO6S/c1-3-4-5-6-7-8-9-13-19-38-32(37)24(2)15-11-10-12-18-28-29(35)21-30(36)31(28)40-23-26(34)22-39-27-17-14-16-25(33)20-27/h14,16-17,20,24,26,28,30-31,34,36H,3-13,15,18-19,21-23H2,1-2H3. The maximum Gasteiger partial charge on any atom is 0.308 e. The molecule has 40 heavy (non-hydrogen) atoms. The van der Waals surface area contributed by atoms with Crippen LogP contribution in [0.1, 0.15) is 104 Å². The Hall–Kier alpha value is -1.28. The number of aliphatic hydroxyl groups is 2. The number of unbranched alkanes of at least 4 members (excludes halogenated alkanes) is 9. The largest absolute Gasteiger partial charge is 0.491 e. The lowest BCUT2D eigenvalue weighted by Crippen LogP contribution is -2.28. The first-order valence-corrected chi connectivity index (χ1v) is 16.8. The predicted octanol–water partition coefficient (Wildman–Crippen LogP) is 7.40. The Kier molecular flexibility index (Phi) is 18.0. The predicted molar refractivity (Wildman–Crippen MR) is 164 cm³/mol. The molecule has 1 aliphatic carbocycles. The highest BCUT2D eigenvalue weighted by atomic mass is 35.5. The molecule has 5 unspecified atom stereocenters. The van der Waals surface area contributed by atoms with Crippen molar-refractivity contribution in [2.45, 2.75) is 121 Å². The fourth-order valence-corrected chi connectivity index (χ4v) is 6.72. The number of carbonyl (C=O) groups excluding carboxylic acids is 2. The summed E-state index contributed by atoms with van der Waals surface area (Å²) < 4.78 is 11.1. The fraction of sp³-hybridized carbons (Fsp3) is 0.750. The van der Waals surface area contributed by atoms with E-state index >= 15 is 0 Å². The Bertz CT molecular complexity index is 852. The van der Waals surface area contributed by atoms with Gasteiger partial charge in [-0.15, -0.1) is 0 Å². The molecule has 0 aromatic heterocycles. The average molecular weight is 599 g/mol. The van der Waals surface area contributed by atoms with Gasteiger partial charge in [-0.2, -0.15) is 11.8 Å². The summed E-state index contributed by atoms with van der Waals surface area (Å²) in [6.07, 6.45) is 12.8. The number of carbonyl (C=O) groups is 2. The lowest BCUT2D eigenvalue weighted by Gasteiger charge is -2.22. The molecular weight excluding hydrogens is 548 g/mol. The number of hydrogen-bond donors (Lipinski definition) is 2. The summed E-state index contributed by atoms with van der Waals surface area (Å²) in [5, 5.41) is 21.2. The van der Waals surface area contributed by atoms with Crippen LogP contribution in [-0.4, -0.2) is 58.4 Å². The van der Waals surface area contributed by atoms with Crippen LogP contribution in [0.3, 0.4) is 0 Å². The number of halogens is 1. The molecule has 0 radical (unpaired) electrons. The van der Waals surface area contributed by atoms with Crippen molar-refractivity contribution < 1.29 is 29.3 Å². The summed E-state index contributed by atoms with van der Waals surface area (Å²) in [7, 11) is 0. The molecule has 0 aliphatic heterocycles. The van der Waals surface area contributed by atoms with Crippen molar-refractivity contribution >= 4 is 35.1 Å². The average Bonchev–Trinajstić information content (AvgIpc) is 3.20. The third-order valence-electron chi connectivity index (χ3n) is 7.62. The number of Topliss-reactive ketones (excluding diaryl/α,β-unsaturated/α-hetero) is 1. The zero-order valence-electron chi connectivity index (χ0n) is 24.5. The molecule has 0 heterocycles. The number of rotatable bonds is 22. The molecule has 1 fully saturated rings. The molecule has 1 saturated carbocycles. The third-order valence-corrected chi connectivity index (χ3v) is 9.46. The number of ketones is 1. The first-order chi connectivity index (χ1) is 19.3. The van der Waals surface area contributed by atoms with E-state index in [0.29, 0.717) is 23.1 Å². The number of hydrogen-bond acceptors (Lipinski definition) is 7. The van der Waals surface area contributed by atoms with Crippen molar-refractivity contribution in [3.8, 4) is 5.75 Å². The number of thioether (sulfide) groups is 1. The second-order valence-corrected chi connectivity index (χ2v) is 12.9. The van der Waals surface area contributed by atoms with Gasteiger partial charge in [0.05, 0.1) is 24.7 Å². The van der Waals surface area contributed by atoms with Gasteiger partial charge in [0.15, 0.2) is 0 Å². The van der Waals surface area contributed by atoms with E-state index in [1.165, 1.54) is 50.3 Å². The summed E-state index contributed by atoms with van der Waals surface area (Å²) in [5.41, 5.74) is 0. The van der Waals surface area contributed by atoms with Gasteiger partial charge in [-0.3, -0.25) is 9.59 Å². The van der Waals surface area contributed by atoms with Crippen LogP contribution in [0.15, 0.2) is 24.3 Å². The van der Waals surface area contributed by atoms with E-state index in [1.807, 2.05) is 6.92 Å². The van der Waals surface area contributed by atoms with Gasteiger partial charge in [0.25, 0.3) is 0 Å². The molecule has 1 aliphatic rings. The van der Waals surface area contributed by atoms with Gasteiger partial charge in [-0.25, -0.2) is 0 Å². The Balaban J connectivity index is 1.56. The molecule has 6 nitrogen and oxygen atoms in total. The van der Waals surface area contributed by atoms with Crippen molar-refractivity contribution in [1.29, 1.82) is 0 Å². The Labute approximate surface area is 250 Å². The summed E-state index contributed by atoms with van der Waals surface area (Å²) in [5.74, 6) is 0.665. The fourth-order valence-electron chi connectivity index (χ4n) is 5.16. The van der Waals surface area contributed by atoms with E-state index in [9.17, 15) is 19.8 Å². The highest BCUT2D eigenvalue weighted by molar-refractivity contribution is 8.00. The summed E-state index contributed by atoms with van der Waals surface area (Å²) in [4.78, 5) is 24.8. The first-order valence-electron chi connectivity index (χ1n) is 15.4. The monoisotopic (exact) mass is 598 g/mol. The van der Waals surface area contributed by atoms with Crippen LogP contribution < -0.4 is 4.74 Å². The molecule has 5 atom stereocenters. The van der Waals surface area contributed by atoms with Gasteiger partial charge in [-0.05, 0) is 37.5 Å². The number of esters is 1. The Morgan fingerprint density at radius 1 is 1.07 bits per heavy atom. The third kappa shape index (κ3) is 14.1. The van der Waals surface area contributed by atoms with Crippen LogP contribution in [0.5, 0.6) is 5.75 Å². The lowest BCUT2D eigenvalue weighted by atomic mass is 9.96. The molecule has 1 aromatic carbocycles. The molecule has 2 N–H and O–H groups in total. The maximum atomic E-state index is 12.5. The van der Waals surface area contributed by atoms with Crippen molar-refractivity contribution in [3.63, 3.8) is 0 Å². The minimum atomic E-state index is -0.718. The van der Waals surface area contributed by atoms with Gasteiger partial charge < -0.3 is 19.7 Å². The quantitative estimate of drug-likeness (QED) is 0.106. The molecule has 228 valence electrons. The van der Waals surface area contributed by atoms with E-state index in [2.05, 4.69) is 6.92 Å². The zero-order chi connectivity index (χ0) is 29.2. The molecule has 2 rings (SSSR count). The van der Waals surface area contributed by atoms with Gasteiger partial charge >= 0.3 is 5.97 Å². The summed E-state index contributed by atoms with van der Waals surface area (Å²) >= 11 is 7.41. The number of ether oxygens (including phenoxy) is 2. The molecular formula is C32H51ClO6S. The van der Waals surface area contributed by atoms with E-state index in [-0.39, 0.29) is 41.9 Å². The number of benzene rings is 1. The van der Waals surface area contributed by atoms with Gasteiger partial charge in [0.1, 0.15) is 18.1 Å². The van der Waals surface area contributed by atoms with E-state index < -0.39 is 12.2 Å². The smallest absolute Gasteiger partial charge is 0.308 e.